The fourth-order valence-electron chi connectivity index (χ4n) is 6.00. The van der Waals surface area contributed by atoms with Gasteiger partial charge in [-0.3, -0.25) is 14.4 Å². The first-order chi connectivity index (χ1) is 21.4. The van der Waals surface area contributed by atoms with Gasteiger partial charge >= 0.3 is 0 Å². The third-order valence-corrected chi connectivity index (χ3v) is 8.28. The molecular formula is C31H33N3O11. The maximum atomic E-state index is 13.6. The Labute approximate surface area is 257 Å². The van der Waals surface area contributed by atoms with Crippen molar-refractivity contribution in [3.05, 3.63) is 76.4 Å². The van der Waals surface area contributed by atoms with Crippen molar-refractivity contribution in [3.8, 4) is 17.2 Å². The Balaban J connectivity index is 0.000000598. The van der Waals surface area contributed by atoms with Gasteiger partial charge in [-0.15, -0.1) is 0 Å². The second-order valence-corrected chi connectivity index (χ2v) is 11.1. The van der Waals surface area contributed by atoms with E-state index in [1.54, 1.807) is 25.4 Å². The molecule has 2 heterocycles. The van der Waals surface area contributed by atoms with Crippen LogP contribution in [0.2, 0.25) is 0 Å². The van der Waals surface area contributed by atoms with Gasteiger partial charge in [-0.25, -0.2) is 9.97 Å². The molecule has 0 amide bonds. The zero-order valence-corrected chi connectivity index (χ0v) is 24.4. The number of aromatic hydroxyl groups is 2. The number of methoxy groups -OCH3 is 1. The first kappa shape index (κ1) is 32.1. The molecule has 14 nitrogen and oxygen atoms in total. The zero-order valence-electron chi connectivity index (χ0n) is 24.4. The summed E-state index contributed by atoms with van der Waals surface area (Å²) >= 11 is 0. The molecule has 1 fully saturated rings. The number of ether oxygens (including phenoxy) is 3. The second kappa shape index (κ2) is 12.6. The summed E-state index contributed by atoms with van der Waals surface area (Å²) in [5, 5.41) is 53.7. The van der Waals surface area contributed by atoms with Crippen molar-refractivity contribution in [2.24, 2.45) is 5.73 Å². The quantitative estimate of drug-likeness (QED) is 0.166. The number of rotatable bonds is 5. The lowest BCUT2D eigenvalue weighted by molar-refractivity contribution is -0.247. The summed E-state index contributed by atoms with van der Waals surface area (Å²) < 4.78 is 17.0. The van der Waals surface area contributed by atoms with Crippen LogP contribution in [0.4, 0.5) is 0 Å². The molecule has 0 unspecified atom stereocenters. The van der Waals surface area contributed by atoms with Gasteiger partial charge in [0.25, 0.3) is 0 Å². The normalized spacial score (nSPS) is 26.9. The summed E-state index contributed by atoms with van der Waals surface area (Å²) in [6, 6.07) is 5.41. The van der Waals surface area contributed by atoms with Crippen LogP contribution in [0.3, 0.4) is 0 Å². The molecule has 6 atom stereocenters. The summed E-state index contributed by atoms with van der Waals surface area (Å²) in [7, 11) is 1.32. The Kier molecular flexibility index (Phi) is 8.98. The largest absolute Gasteiger partial charge is 0.507 e. The Bertz CT molecular complexity index is 1590. The number of carbonyl (C=O) groups is 3. The van der Waals surface area contributed by atoms with Crippen LogP contribution in [-0.4, -0.2) is 96.7 Å². The minimum absolute atomic E-state index is 0.0173. The van der Waals surface area contributed by atoms with Gasteiger partial charge in [-0.1, -0.05) is 12.1 Å². The van der Waals surface area contributed by atoms with Gasteiger partial charge in [-0.2, -0.15) is 0 Å². The van der Waals surface area contributed by atoms with E-state index in [0.29, 0.717) is 0 Å². The van der Waals surface area contributed by atoms with E-state index in [0.717, 1.165) is 0 Å². The maximum absolute atomic E-state index is 13.6. The van der Waals surface area contributed by atoms with Crippen LogP contribution in [0.15, 0.2) is 43.0 Å². The number of aliphatic hydroxyl groups is 3. The molecule has 2 aliphatic carbocycles. The van der Waals surface area contributed by atoms with Crippen LogP contribution in [0.5, 0.6) is 17.2 Å². The Morgan fingerprint density at radius 1 is 1.09 bits per heavy atom. The molecule has 6 rings (SSSR count). The summed E-state index contributed by atoms with van der Waals surface area (Å²) in [5.41, 5.74) is 2.37. The van der Waals surface area contributed by atoms with Crippen LogP contribution >= 0.6 is 0 Å². The molecule has 0 radical (unpaired) electrons. The molecule has 0 saturated carbocycles. The van der Waals surface area contributed by atoms with Crippen molar-refractivity contribution in [2.45, 2.75) is 62.4 Å². The number of nitrogens with two attached hydrogens (primary N) is 1. The summed E-state index contributed by atoms with van der Waals surface area (Å²) in [6.07, 6.45) is -0.248. The van der Waals surface area contributed by atoms with E-state index in [4.69, 9.17) is 19.9 Å². The van der Waals surface area contributed by atoms with Crippen LogP contribution < -0.4 is 10.5 Å². The minimum atomic E-state index is -2.24. The topological polar surface area (TPSA) is 232 Å². The van der Waals surface area contributed by atoms with Gasteiger partial charge in [0.05, 0.1) is 42.1 Å². The third-order valence-electron chi connectivity index (χ3n) is 8.28. The second-order valence-electron chi connectivity index (χ2n) is 11.1. The highest BCUT2D eigenvalue weighted by Gasteiger charge is 2.50. The van der Waals surface area contributed by atoms with Crippen LogP contribution in [-0.2, 0) is 20.7 Å². The molecule has 0 spiro atoms. The van der Waals surface area contributed by atoms with Crippen molar-refractivity contribution in [1.82, 2.24) is 9.97 Å². The van der Waals surface area contributed by atoms with Gasteiger partial charge < -0.3 is 45.5 Å². The van der Waals surface area contributed by atoms with Crippen LogP contribution in [0.1, 0.15) is 68.8 Å². The molecule has 3 aliphatic rings. The van der Waals surface area contributed by atoms with Gasteiger partial charge in [0.15, 0.2) is 17.9 Å². The highest BCUT2D eigenvalue weighted by atomic mass is 16.7. The van der Waals surface area contributed by atoms with Gasteiger partial charge in [0.1, 0.15) is 35.8 Å². The predicted octanol–water partition coefficient (Wildman–Crippen LogP) is 0.478. The number of phenols is 2. The molecule has 7 N–H and O–H groups in total. The Morgan fingerprint density at radius 3 is 2.36 bits per heavy atom. The number of fused-ring (bicyclic) bond motifs is 3. The average molecular weight is 624 g/mol. The fraction of sp³-hybridized carbons (Fsp3) is 0.387. The molecule has 1 aliphatic heterocycles. The highest BCUT2D eigenvalue weighted by molar-refractivity contribution is 6.31. The molecule has 3 aromatic rings. The van der Waals surface area contributed by atoms with E-state index in [-0.39, 0.29) is 34.4 Å². The maximum Gasteiger partial charge on any atom is 0.202 e. The smallest absolute Gasteiger partial charge is 0.202 e. The average Bonchev–Trinajstić information content (AvgIpc) is 3.04. The lowest BCUT2D eigenvalue weighted by Gasteiger charge is -2.42. The van der Waals surface area contributed by atoms with Crippen molar-refractivity contribution < 1.29 is 54.1 Å². The van der Waals surface area contributed by atoms with Crippen molar-refractivity contribution in [1.29, 1.82) is 0 Å². The first-order valence-electron chi connectivity index (χ1n) is 14.1. The molecule has 1 aromatic heterocycles. The number of nitrogens with zero attached hydrogens (tertiary/aromatic N) is 2. The van der Waals surface area contributed by atoms with Crippen LogP contribution in [0, 0.1) is 0 Å². The van der Waals surface area contributed by atoms with E-state index in [9.17, 15) is 39.9 Å². The first-order valence-corrected chi connectivity index (χ1v) is 14.1. The number of Topliss-reactive ketones (excluding diaryl/α,β-unsaturated/α-hetero) is 1. The molecular weight excluding hydrogens is 590 g/mol. The number of ketones is 3. The van der Waals surface area contributed by atoms with Crippen molar-refractivity contribution in [3.63, 3.8) is 0 Å². The fourth-order valence-corrected chi connectivity index (χ4v) is 6.00. The third kappa shape index (κ3) is 5.67. The Hall–Kier alpha value is -4.31. The number of carbonyl (C=O) groups excluding carboxylic acids is 3. The molecule has 45 heavy (non-hydrogen) atoms. The molecule has 238 valence electrons. The highest BCUT2D eigenvalue weighted by Crippen LogP contribution is 2.52. The van der Waals surface area contributed by atoms with Crippen LogP contribution in [0.25, 0.3) is 0 Å². The lowest BCUT2D eigenvalue weighted by atomic mass is 9.72. The summed E-state index contributed by atoms with van der Waals surface area (Å²) in [6.45, 7) is 0.560. The van der Waals surface area contributed by atoms with Gasteiger partial charge in [0.2, 0.25) is 5.78 Å². The summed E-state index contributed by atoms with van der Waals surface area (Å²) in [4.78, 5) is 47.1. The number of hydrogen-bond acceptors (Lipinski definition) is 14. The number of hydrogen-bond donors (Lipinski definition) is 6. The molecule has 14 heteroatoms. The number of phenolic OH excluding ortho intramolecular Hbond substituents is 2. The van der Waals surface area contributed by atoms with E-state index in [1.165, 1.54) is 31.6 Å². The molecule has 2 aromatic carbocycles. The number of benzene rings is 2. The van der Waals surface area contributed by atoms with E-state index in [1.807, 2.05) is 0 Å². The number of aliphatic hydroxyl groups excluding tert-OH is 2. The number of aromatic nitrogens is 2. The van der Waals surface area contributed by atoms with Gasteiger partial charge in [0, 0.05) is 54.4 Å². The SMILES string of the molecule is COc1cccc2c1C(=O)c1c(O)c3c(c(O)c1C2=O)C[C@@](O)(C(=O)CO)C[C@@H]3O[C@H]1C[C@H](N)[C@H](O)[C@H](C)O1.c1cncnc1. The summed E-state index contributed by atoms with van der Waals surface area (Å²) in [5.74, 6) is -3.77. The van der Waals surface area contributed by atoms with E-state index in [2.05, 4.69) is 9.97 Å². The Morgan fingerprint density at radius 2 is 1.78 bits per heavy atom. The molecule has 0 bridgehead atoms. The predicted molar refractivity (Wildman–Crippen MR) is 154 cm³/mol. The minimum Gasteiger partial charge on any atom is -0.507 e. The van der Waals surface area contributed by atoms with E-state index < -0.39 is 95.7 Å². The zero-order chi connectivity index (χ0) is 32.6. The van der Waals surface area contributed by atoms with Gasteiger partial charge in [-0.05, 0) is 19.1 Å². The monoisotopic (exact) mass is 623 g/mol. The van der Waals surface area contributed by atoms with E-state index >= 15 is 0 Å². The lowest BCUT2D eigenvalue weighted by Crippen LogP contribution is -2.53. The van der Waals surface area contributed by atoms with Crippen molar-refractivity contribution in [2.75, 3.05) is 13.7 Å². The standard InChI is InChI=1S/C27H29NO11.C4H4N2/c1-10-22(31)13(28)6-17(38-10)39-15-8-27(36,16(30)9-29)7-12-19(15)26(35)21-20(24(12)33)23(32)11-4-3-5-14(37-2)18(11)25(21)34;1-2-5-4-6-3-1/h3-5,10,13,15,17,22,29,31,33,35-36H,6-9,28H2,1-2H3;1-4H/t10-,13-,15-,17-,22+,27-;/m0./s1. The van der Waals surface area contributed by atoms with Crippen molar-refractivity contribution >= 4 is 17.3 Å². The molecule has 1 saturated heterocycles.